The molecule has 1 aromatic carbocycles. The van der Waals surface area contributed by atoms with E-state index in [1.54, 1.807) is 7.05 Å². The summed E-state index contributed by atoms with van der Waals surface area (Å²) in [5.41, 5.74) is 1.83. The molecule has 29 heavy (non-hydrogen) atoms. The van der Waals surface area contributed by atoms with Crippen LogP contribution < -0.4 is 10.6 Å². The van der Waals surface area contributed by atoms with Crippen LogP contribution in [-0.4, -0.2) is 50.0 Å². The number of nitrogens with zero attached hydrogens (tertiary/aromatic N) is 2. The van der Waals surface area contributed by atoms with Gasteiger partial charge in [0.05, 0.1) is 13.0 Å². The van der Waals surface area contributed by atoms with E-state index in [2.05, 4.69) is 27.4 Å². The van der Waals surface area contributed by atoms with Crippen LogP contribution >= 0.6 is 24.0 Å². The molecule has 0 saturated carbocycles. The number of hydrogen-bond acceptors (Lipinski definition) is 4. The summed E-state index contributed by atoms with van der Waals surface area (Å²) in [6.07, 6.45) is 0.810. The molecule has 0 spiro atoms. The number of benzene rings is 1. The molecule has 1 saturated heterocycles. The van der Waals surface area contributed by atoms with Gasteiger partial charge < -0.3 is 20.3 Å². The topological polar surface area (TPSA) is 83.0 Å². The summed E-state index contributed by atoms with van der Waals surface area (Å²) in [6.45, 7) is 7.90. The highest BCUT2D eigenvalue weighted by atomic mass is 127. The SMILES string of the molecule is CCC(C)C(=O)Nc1cccc(CNC(=NC)N2CC(C)C(C(=O)OC)C2)c1.I. The van der Waals surface area contributed by atoms with Crippen LogP contribution in [0, 0.1) is 17.8 Å². The van der Waals surface area contributed by atoms with Gasteiger partial charge in [-0.15, -0.1) is 24.0 Å². The Kier molecular flexibility index (Phi) is 10.4. The van der Waals surface area contributed by atoms with Gasteiger partial charge in [0.2, 0.25) is 5.91 Å². The number of amides is 1. The first-order valence-electron chi connectivity index (χ1n) is 9.82. The number of carbonyl (C=O) groups is 2. The zero-order valence-electron chi connectivity index (χ0n) is 17.9. The Morgan fingerprint density at radius 1 is 1.34 bits per heavy atom. The quantitative estimate of drug-likeness (QED) is 0.263. The molecule has 0 aromatic heterocycles. The number of aliphatic imine (C=N–C) groups is 1. The fraction of sp³-hybridized carbons (Fsp3) is 0.571. The number of halogens is 1. The maximum absolute atomic E-state index is 12.1. The summed E-state index contributed by atoms with van der Waals surface area (Å²) < 4.78 is 4.90. The van der Waals surface area contributed by atoms with Gasteiger partial charge >= 0.3 is 5.97 Å². The second-order valence-electron chi connectivity index (χ2n) is 7.41. The molecule has 7 nitrogen and oxygen atoms in total. The van der Waals surface area contributed by atoms with E-state index in [-0.39, 0.29) is 53.6 Å². The van der Waals surface area contributed by atoms with Gasteiger partial charge in [0.15, 0.2) is 5.96 Å². The lowest BCUT2D eigenvalue weighted by Gasteiger charge is -2.21. The fourth-order valence-corrected chi connectivity index (χ4v) is 3.32. The molecule has 1 aliphatic heterocycles. The number of rotatable bonds is 6. The molecule has 1 fully saturated rings. The van der Waals surface area contributed by atoms with Crippen LogP contribution in [0.2, 0.25) is 0 Å². The number of ether oxygens (including phenoxy) is 1. The Morgan fingerprint density at radius 3 is 2.69 bits per heavy atom. The predicted molar refractivity (Wildman–Crippen MR) is 126 cm³/mol. The molecule has 1 aromatic rings. The van der Waals surface area contributed by atoms with E-state index in [4.69, 9.17) is 4.74 Å². The van der Waals surface area contributed by atoms with Gasteiger partial charge in [-0.05, 0) is 30.0 Å². The number of anilines is 1. The lowest BCUT2D eigenvalue weighted by atomic mass is 9.99. The van der Waals surface area contributed by atoms with Crippen molar-refractivity contribution >= 4 is 47.5 Å². The minimum absolute atomic E-state index is 0. The van der Waals surface area contributed by atoms with E-state index in [0.29, 0.717) is 13.1 Å². The average molecular weight is 516 g/mol. The van der Waals surface area contributed by atoms with Crippen molar-refractivity contribution in [3.8, 4) is 0 Å². The molecular formula is C21H33IN4O3. The number of methoxy groups -OCH3 is 1. The highest BCUT2D eigenvalue weighted by Crippen LogP contribution is 2.24. The summed E-state index contributed by atoms with van der Waals surface area (Å²) in [5.74, 6) is 0.680. The summed E-state index contributed by atoms with van der Waals surface area (Å²) in [5, 5.41) is 6.31. The van der Waals surface area contributed by atoms with Gasteiger partial charge in [0, 0.05) is 38.3 Å². The third-order valence-electron chi connectivity index (χ3n) is 5.33. The minimum Gasteiger partial charge on any atom is -0.469 e. The van der Waals surface area contributed by atoms with Gasteiger partial charge in [-0.3, -0.25) is 14.6 Å². The van der Waals surface area contributed by atoms with E-state index < -0.39 is 0 Å². The molecule has 3 unspecified atom stereocenters. The van der Waals surface area contributed by atoms with Crippen LogP contribution in [-0.2, 0) is 20.9 Å². The van der Waals surface area contributed by atoms with Crippen molar-refractivity contribution in [1.82, 2.24) is 10.2 Å². The Morgan fingerprint density at radius 2 is 2.07 bits per heavy atom. The maximum Gasteiger partial charge on any atom is 0.310 e. The van der Waals surface area contributed by atoms with Crippen molar-refractivity contribution in [2.75, 3.05) is 32.6 Å². The van der Waals surface area contributed by atoms with Crippen molar-refractivity contribution < 1.29 is 14.3 Å². The first-order chi connectivity index (χ1) is 13.4. The summed E-state index contributed by atoms with van der Waals surface area (Å²) >= 11 is 0. The van der Waals surface area contributed by atoms with E-state index >= 15 is 0 Å². The Labute approximate surface area is 190 Å². The number of esters is 1. The number of likely N-dealkylation sites (tertiary alicyclic amines) is 1. The van der Waals surface area contributed by atoms with Crippen molar-refractivity contribution in [1.29, 1.82) is 0 Å². The van der Waals surface area contributed by atoms with E-state index in [1.807, 2.05) is 38.1 Å². The molecule has 1 aliphatic rings. The molecule has 8 heteroatoms. The van der Waals surface area contributed by atoms with Crippen LogP contribution in [0.5, 0.6) is 0 Å². The molecule has 3 atom stereocenters. The largest absolute Gasteiger partial charge is 0.469 e. The Balaban J connectivity index is 0.00000420. The van der Waals surface area contributed by atoms with E-state index in [9.17, 15) is 9.59 Å². The summed E-state index contributed by atoms with van der Waals surface area (Å²) in [6, 6.07) is 7.78. The second-order valence-corrected chi connectivity index (χ2v) is 7.41. The standard InChI is InChI=1S/C21H32N4O3.HI/c1-6-14(2)19(26)24-17-9-7-8-16(10-17)11-23-21(22-4)25-12-15(3)18(13-25)20(27)28-5;/h7-10,14-15,18H,6,11-13H2,1-5H3,(H,22,23)(H,24,26);1H. The molecule has 0 radical (unpaired) electrons. The number of nitrogens with one attached hydrogen (secondary N) is 2. The molecule has 0 bridgehead atoms. The average Bonchev–Trinajstić information content (AvgIpc) is 3.08. The number of carbonyl (C=O) groups excluding carboxylic acids is 2. The third kappa shape index (κ3) is 6.87. The lowest BCUT2D eigenvalue weighted by Crippen LogP contribution is -2.40. The molecule has 1 amide bonds. The van der Waals surface area contributed by atoms with Crippen LogP contribution in [0.25, 0.3) is 0 Å². The number of hydrogen-bond donors (Lipinski definition) is 2. The van der Waals surface area contributed by atoms with Crippen molar-refractivity contribution in [2.24, 2.45) is 22.7 Å². The van der Waals surface area contributed by atoms with E-state index in [0.717, 1.165) is 30.2 Å². The highest BCUT2D eigenvalue weighted by molar-refractivity contribution is 14.0. The van der Waals surface area contributed by atoms with Crippen molar-refractivity contribution in [3.05, 3.63) is 29.8 Å². The van der Waals surface area contributed by atoms with Crippen LogP contribution in [0.1, 0.15) is 32.8 Å². The Bertz CT molecular complexity index is 726. The minimum atomic E-state index is -0.171. The van der Waals surface area contributed by atoms with Gasteiger partial charge in [0.1, 0.15) is 0 Å². The van der Waals surface area contributed by atoms with Gasteiger partial charge in [0.25, 0.3) is 0 Å². The first-order valence-corrected chi connectivity index (χ1v) is 9.82. The molecule has 1 heterocycles. The van der Waals surface area contributed by atoms with Gasteiger partial charge in [-0.2, -0.15) is 0 Å². The predicted octanol–water partition coefficient (Wildman–Crippen LogP) is 3.11. The zero-order valence-corrected chi connectivity index (χ0v) is 20.2. The van der Waals surface area contributed by atoms with Crippen LogP contribution in [0.3, 0.4) is 0 Å². The second kappa shape index (κ2) is 12.0. The van der Waals surface area contributed by atoms with Crippen molar-refractivity contribution in [3.63, 3.8) is 0 Å². The molecule has 162 valence electrons. The molecule has 0 aliphatic carbocycles. The van der Waals surface area contributed by atoms with Gasteiger partial charge in [-0.1, -0.05) is 32.9 Å². The number of guanidine groups is 1. The fourth-order valence-electron chi connectivity index (χ4n) is 3.32. The normalized spacial score (nSPS) is 19.9. The highest BCUT2D eigenvalue weighted by Gasteiger charge is 2.36. The Hall–Kier alpha value is -1.84. The smallest absolute Gasteiger partial charge is 0.310 e. The van der Waals surface area contributed by atoms with Gasteiger partial charge in [-0.25, -0.2) is 0 Å². The third-order valence-corrected chi connectivity index (χ3v) is 5.33. The molecular weight excluding hydrogens is 483 g/mol. The van der Waals surface area contributed by atoms with E-state index in [1.165, 1.54) is 7.11 Å². The maximum atomic E-state index is 12.1. The van der Waals surface area contributed by atoms with Crippen LogP contribution in [0.4, 0.5) is 5.69 Å². The summed E-state index contributed by atoms with van der Waals surface area (Å²) in [7, 11) is 3.17. The lowest BCUT2D eigenvalue weighted by molar-refractivity contribution is -0.146. The van der Waals surface area contributed by atoms with Crippen LogP contribution in [0.15, 0.2) is 29.3 Å². The summed E-state index contributed by atoms with van der Waals surface area (Å²) in [4.78, 5) is 30.4. The first kappa shape index (κ1) is 25.2. The zero-order chi connectivity index (χ0) is 20.7. The van der Waals surface area contributed by atoms with Crippen molar-refractivity contribution in [2.45, 2.75) is 33.7 Å². The molecule has 2 rings (SSSR count). The monoisotopic (exact) mass is 516 g/mol. The molecule has 2 N–H and O–H groups in total.